The summed E-state index contributed by atoms with van der Waals surface area (Å²) in [5.41, 5.74) is 1.65. The van der Waals surface area contributed by atoms with Gasteiger partial charge in [-0.15, -0.1) is 0 Å². The first-order valence-electron chi connectivity index (χ1n) is 9.13. The van der Waals surface area contributed by atoms with Gasteiger partial charge in [-0.2, -0.15) is 0 Å². The van der Waals surface area contributed by atoms with Crippen molar-refractivity contribution in [3.8, 4) is 11.5 Å². The number of nitrogens with one attached hydrogen (secondary N) is 1. The SMILES string of the molecule is COc1cccc(NC(=O)N(Cc2ccccc2OC)CC2CCCO2)c1. The molecule has 1 aliphatic heterocycles. The summed E-state index contributed by atoms with van der Waals surface area (Å²) in [6.45, 7) is 1.73. The van der Waals surface area contributed by atoms with E-state index in [1.165, 1.54) is 0 Å². The van der Waals surface area contributed by atoms with Crippen LogP contribution in [0.3, 0.4) is 0 Å². The molecule has 1 atom stereocenters. The van der Waals surface area contributed by atoms with Crippen molar-refractivity contribution in [1.29, 1.82) is 0 Å². The van der Waals surface area contributed by atoms with E-state index in [0.29, 0.717) is 24.5 Å². The normalized spacial score (nSPS) is 16.0. The fourth-order valence-electron chi connectivity index (χ4n) is 3.20. The average Bonchev–Trinajstić information content (AvgIpc) is 3.21. The zero-order valence-corrected chi connectivity index (χ0v) is 15.8. The van der Waals surface area contributed by atoms with Crippen LogP contribution in [0.15, 0.2) is 48.5 Å². The maximum Gasteiger partial charge on any atom is 0.322 e. The average molecular weight is 370 g/mol. The molecule has 1 fully saturated rings. The predicted octanol–water partition coefficient (Wildman–Crippen LogP) is 3.92. The molecule has 1 heterocycles. The number of hydrogen-bond donors (Lipinski definition) is 1. The molecule has 6 nitrogen and oxygen atoms in total. The van der Waals surface area contributed by atoms with Crippen molar-refractivity contribution in [3.05, 3.63) is 54.1 Å². The van der Waals surface area contributed by atoms with Gasteiger partial charge in [0.15, 0.2) is 0 Å². The summed E-state index contributed by atoms with van der Waals surface area (Å²) in [5, 5.41) is 2.96. The van der Waals surface area contributed by atoms with Crippen LogP contribution < -0.4 is 14.8 Å². The minimum absolute atomic E-state index is 0.0655. The number of para-hydroxylation sites is 1. The van der Waals surface area contributed by atoms with E-state index in [-0.39, 0.29) is 12.1 Å². The van der Waals surface area contributed by atoms with Crippen LogP contribution in [-0.4, -0.2) is 44.4 Å². The van der Waals surface area contributed by atoms with Gasteiger partial charge in [-0.3, -0.25) is 0 Å². The van der Waals surface area contributed by atoms with Gasteiger partial charge in [0.2, 0.25) is 0 Å². The Labute approximate surface area is 160 Å². The van der Waals surface area contributed by atoms with Crippen LogP contribution in [0.2, 0.25) is 0 Å². The van der Waals surface area contributed by atoms with Crippen molar-refractivity contribution < 1.29 is 19.0 Å². The molecule has 2 aromatic rings. The van der Waals surface area contributed by atoms with Gasteiger partial charge in [-0.05, 0) is 31.0 Å². The largest absolute Gasteiger partial charge is 0.497 e. The van der Waals surface area contributed by atoms with E-state index in [1.54, 1.807) is 25.2 Å². The molecule has 0 radical (unpaired) electrons. The smallest absolute Gasteiger partial charge is 0.322 e. The summed E-state index contributed by atoms with van der Waals surface area (Å²) in [4.78, 5) is 14.8. The first kappa shape index (κ1) is 19.0. The minimum atomic E-state index is -0.176. The molecule has 3 rings (SSSR count). The number of methoxy groups -OCH3 is 2. The maximum atomic E-state index is 13.0. The lowest BCUT2D eigenvalue weighted by molar-refractivity contribution is 0.0817. The summed E-state index contributed by atoms with van der Waals surface area (Å²) >= 11 is 0. The van der Waals surface area contributed by atoms with Crippen molar-refractivity contribution in [2.45, 2.75) is 25.5 Å². The molecule has 27 heavy (non-hydrogen) atoms. The fraction of sp³-hybridized carbons (Fsp3) is 0.381. The molecule has 0 aromatic heterocycles. The molecule has 1 saturated heterocycles. The fourth-order valence-corrected chi connectivity index (χ4v) is 3.20. The lowest BCUT2D eigenvalue weighted by Crippen LogP contribution is -2.39. The van der Waals surface area contributed by atoms with Gasteiger partial charge < -0.3 is 24.4 Å². The number of rotatable bonds is 7. The summed E-state index contributed by atoms with van der Waals surface area (Å²) in [7, 11) is 3.24. The second-order valence-electron chi connectivity index (χ2n) is 6.49. The Balaban J connectivity index is 1.76. The Morgan fingerprint density at radius 1 is 1.19 bits per heavy atom. The number of anilines is 1. The molecule has 1 aliphatic rings. The monoisotopic (exact) mass is 370 g/mol. The van der Waals surface area contributed by atoms with Crippen LogP contribution in [0.25, 0.3) is 0 Å². The van der Waals surface area contributed by atoms with E-state index in [9.17, 15) is 4.79 Å². The summed E-state index contributed by atoms with van der Waals surface area (Å²) < 4.78 is 16.4. The van der Waals surface area contributed by atoms with E-state index in [1.807, 2.05) is 42.5 Å². The number of urea groups is 1. The highest BCUT2D eigenvalue weighted by Gasteiger charge is 2.23. The van der Waals surface area contributed by atoms with E-state index < -0.39 is 0 Å². The van der Waals surface area contributed by atoms with Gasteiger partial charge in [-0.25, -0.2) is 4.79 Å². The van der Waals surface area contributed by atoms with Crippen LogP contribution in [-0.2, 0) is 11.3 Å². The van der Waals surface area contributed by atoms with E-state index in [4.69, 9.17) is 14.2 Å². The Bertz CT molecular complexity index is 759. The molecule has 1 N–H and O–H groups in total. The highest BCUT2D eigenvalue weighted by atomic mass is 16.5. The lowest BCUT2D eigenvalue weighted by Gasteiger charge is -2.26. The topological polar surface area (TPSA) is 60.0 Å². The summed E-state index contributed by atoms with van der Waals surface area (Å²) in [6, 6.07) is 14.9. The van der Waals surface area contributed by atoms with Crippen molar-refractivity contribution in [2.75, 3.05) is 32.7 Å². The highest BCUT2D eigenvalue weighted by Crippen LogP contribution is 2.23. The van der Waals surface area contributed by atoms with Crippen molar-refractivity contribution in [3.63, 3.8) is 0 Å². The molecule has 0 aliphatic carbocycles. The van der Waals surface area contributed by atoms with Gasteiger partial charge in [0.1, 0.15) is 11.5 Å². The van der Waals surface area contributed by atoms with E-state index in [2.05, 4.69) is 5.32 Å². The Kier molecular flexibility index (Phi) is 6.54. The molecule has 6 heteroatoms. The van der Waals surface area contributed by atoms with Gasteiger partial charge in [-0.1, -0.05) is 24.3 Å². The molecule has 1 unspecified atom stereocenters. The number of hydrogen-bond acceptors (Lipinski definition) is 4. The molecule has 0 spiro atoms. The molecule has 2 aromatic carbocycles. The van der Waals surface area contributed by atoms with Crippen LogP contribution in [0.1, 0.15) is 18.4 Å². The highest BCUT2D eigenvalue weighted by molar-refractivity contribution is 5.89. The number of ether oxygens (including phenoxy) is 3. The van der Waals surface area contributed by atoms with Crippen molar-refractivity contribution in [1.82, 2.24) is 4.90 Å². The zero-order valence-electron chi connectivity index (χ0n) is 15.8. The number of benzene rings is 2. The molecule has 144 valence electrons. The van der Waals surface area contributed by atoms with Crippen LogP contribution in [0.5, 0.6) is 11.5 Å². The second kappa shape index (κ2) is 9.28. The minimum Gasteiger partial charge on any atom is -0.497 e. The van der Waals surface area contributed by atoms with Gasteiger partial charge in [0, 0.05) is 30.5 Å². The first-order valence-corrected chi connectivity index (χ1v) is 9.13. The molecular weight excluding hydrogens is 344 g/mol. The molecule has 0 saturated carbocycles. The predicted molar refractivity (Wildman–Crippen MR) is 104 cm³/mol. The number of carbonyl (C=O) groups is 1. The first-order chi connectivity index (χ1) is 13.2. The number of carbonyl (C=O) groups excluding carboxylic acids is 1. The Hall–Kier alpha value is -2.73. The third-order valence-corrected chi connectivity index (χ3v) is 4.61. The maximum absolute atomic E-state index is 13.0. The Morgan fingerprint density at radius 2 is 2.04 bits per heavy atom. The third-order valence-electron chi connectivity index (χ3n) is 4.61. The second-order valence-corrected chi connectivity index (χ2v) is 6.49. The quantitative estimate of drug-likeness (QED) is 0.803. The summed E-state index contributed by atoms with van der Waals surface area (Å²) in [6.07, 6.45) is 2.07. The zero-order chi connectivity index (χ0) is 19.1. The third kappa shape index (κ3) is 5.14. The van der Waals surface area contributed by atoms with Gasteiger partial charge >= 0.3 is 6.03 Å². The van der Waals surface area contributed by atoms with Crippen molar-refractivity contribution >= 4 is 11.7 Å². The van der Waals surface area contributed by atoms with Crippen LogP contribution in [0.4, 0.5) is 10.5 Å². The summed E-state index contributed by atoms with van der Waals surface area (Å²) in [5.74, 6) is 1.47. The number of nitrogens with zero attached hydrogens (tertiary/aromatic N) is 1. The van der Waals surface area contributed by atoms with Crippen molar-refractivity contribution in [2.24, 2.45) is 0 Å². The number of amides is 2. The standard InChI is InChI=1S/C21H26N2O4/c1-25-18-9-5-8-17(13-18)22-21(24)23(15-19-10-6-12-27-19)14-16-7-3-4-11-20(16)26-2/h3-5,7-9,11,13,19H,6,10,12,14-15H2,1-2H3,(H,22,24). The van der Waals surface area contributed by atoms with Gasteiger partial charge in [0.25, 0.3) is 0 Å². The Morgan fingerprint density at radius 3 is 2.78 bits per heavy atom. The van der Waals surface area contributed by atoms with E-state index in [0.717, 1.165) is 30.8 Å². The van der Waals surface area contributed by atoms with Crippen LogP contribution in [0, 0.1) is 0 Å². The lowest BCUT2D eigenvalue weighted by atomic mass is 10.1. The molecule has 2 amide bonds. The molecule has 0 bridgehead atoms. The van der Waals surface area contributed by atoms with Crippen LogP contribution >= 0.6 is 0 Å². The molecular formula is C21H26N2O4. The van der Waals surface area contributed by atoms with Gasteiger partial charge in [0.05, 0.1) is 26.9 Å². The van der Waals surface area contributed by atoms with E-state index >= 15 is 0 Å².